The minimum atomic E-state index is -0.465. The number of nitrogens with one attached hydrogen (secondary N) is 1. The third-order valence-corrected chi connectivity index (χ3v) is 4.88. The predicted octanol–water partition coefficient (Wildman–Crippen LogP) is 2.60. The van der Waals surface area contributed by atoms with Crippen LogP contribution in [-0.4, -0.2) is 36.2 Å². The Morgan fingerprint density at radius 3 is 2.75 bits per heavy atom. The molecule has 0 fully saturated rings. The van der Waals surface area contributed by atoms with Gasteiger partial charge in [0, 0.05) is 18.2 Å². The summed E-state index contributed by atoms with van der Waals surface area (Å²) in [6, 6.07) is 13.7. The molecule has 0 saturated heterocycles. The molecule has 0 heterocycles. The number of aliphatic hydroxyl groups excluding tert-OH is 1. The largest absolute Gasteiger partial charge is 0.391 e. The van der Waals surface area contributed by atoms with E-state index in [0.717, 1.165) is 29.7 Å². The maximum absolute atomic E-state index is 12.1. The normalized spacial score (nSPS) is 14.0. The summed E-state index contributed by atoms with van der Waals surface area (Å²) in [4.78, 5) is 21.6. The number of aliphatic hydroxyl groups is 1. The average molecular weight is 379 g/mol. The van der Waals surface area contributed by atoms with Crippen molar-refractivity contribution in [2.24, 2.45) is 10.1 Å². The number of benzene rings is 2. The molecule has 0 aromatic heterocycles. The lowest BCUT2D eigenvalue weighted by atomic mass is 10.0. The maximum Gasteiger partial charge on any atom is 0.269 e. The summed E-state index contributed by atoms with van der Waals surface area (Å²) in [5, 5.41) is 16.0. The molecule has 0 aliphatic heterocycles. The second kappa shape index (κ2) is 9.28. The Morgan fingerprint density at radius 2 is 1.96 bits per heavy atom. The number of oxime groups is 1. The first-order valence-corrected chi connectivity index (χ1v) is 9.38. The summed E-state index contributed by atoms with van der Waals surface area (Å²) in [7, 11) is 1.53. The van der Waals surface area contributed by atoms with Crippen LogP contribution in [0, 0.1) is 0 Å². The van der Waals surface area contributed by atoms with Crippen LogP contribution >= 0.6 is 0 Å². The van der Waals surface area contributed by atoms with Gasteiger partial charge in [0.1, 0.15) is 19.0 Å². The van der Waals surface area contributed by atoms with Crippen LogP contribution in [0.1, 0.15) is 41.2 Å². The lowest BCUT2D eigenvalue weighted by Gasteiger charge is -2.11. The van der Waals surface area contributed by atoms with Crippen LogP contribution in [0.4, 0.5) is 0 Å². The summed E-state index contributed by atoms with van der Waals surface area (Å²) >= 11 is 0. The van der Waals surface area contributed by atoms with Gasteiger partial charge in [0.05, 0.1) is 5.71 Å². The molecule has 2 aromatic carbocycles. The Hall–Kier alpha value is -2.99. The average Bonchev–Trinajstić information content (AvgIpc) is 3.19. The molecule has 0 bridgehead atoms. The van der Waals surface area contributed by atoms with Crippen molar-refractivity contribution in [1.82, 2.24) is 5.32 Å². The summed E-state index contributed by atoms with van der Waals surface area (Å²) in [6.07, 6.45) is 3.49. The quantitative estimate of drug-likeness (QED) is 0.573. The van der Waals surface area contributed by atoms with Gasteiger partial charge in [0.2, 0.25) is 0 Å². The number of aryl methyl sites for hydroxylation is 2. The van der Waals surface area contributed by atoms with Crippen molar-refractivity contribution >= 4 is 17.3 Å². The number of hydrogen-bond donors (Lipinski definition) is 2. The van der Waals surface area contributed by atoms with Gasteiger partial charge in [0.15, 0.2) is 0 Å². The summed E-state index contributed by atoms with van der Waals surface area (Å²) in [5.74, 6) is -0.362. The number of fused-ring (bicyclic) bond motifs is 1. The molecule has 0 saturated carbocycles. The van der Waals surface area contributed by atoms with Crippen LogP contribution < -0.4 is 5.32 Å². The predicted molar refractivity (Wildman–Crippen MR) is 110 cm³/mol. The van der Waals surface area contributed by atoms with Gasteiger partial charge in [-0.15, -0.1) is 0 Å². The number of nitrogens with zero attached hydrogens (tertiary/aromatic N) is 2. The molecule has 2 aromatic rings. The zero-order valence-electron chi connectivity index (χ0n) is 16.2. The zero-order valence-corrected chi connectivity index (χ0v) is 16.2. The first-order chi connectivity index (χ1) is 13.6. The maximum atomic E-state index is 12.1. The van der Waals surface area contributed by atoms with E-state index in [4.69, 9.17) is 9.94 Å². The van der Waals surface area contributed by atoms with Gasteiger partial charge in [-0.25, -0.2) is 0 Å². The van der Waals surface area contributed by atoms with Crippen LogP contribution in [0.25, 0.3) is 0 Å². The van der Waals surface area contributed by atoms with Gasteiger partial charge in [-0.1, -0.05) is 41.6 Å². The van der Waals surface area contributed by atoms with Crippen molar-refractivity contribution in [2.75, 3.05) is 13.8 Å². The molecule has 28 heavy (non-hydrogen) atoms. The van der Waals surface area contributed by atoms with Crippen LogP contribution in [0.15, 0.2) is 52.6 Å². The molecule has 6 nitrogen and oxygen atoms in total. The highest BCUT2D eigenvalue weighted by atomic mass is 16.6. The minimum absolute atomic E-state index is 0.170. The van der Waals surface area contributed by atoms with Gasteiger partial charge in [-0.05, 0) is 48.9 Å². The topological polar surface area (TPSA) is 83.3 Å². The lowest BCUT2D eigenvalue weighted by molar-refractivity contribution is -0.114. The lowest BCUT2D eigenvalue weighted by Crippen LogP contribution is -2.29. The highest BCUT2D eigenvalue weighted by molar-refractivity contribution is 6.45. The van der Waals surface area contributed by atoms with E-state index in [9.17, 15) is 4.79 Å². The number of carbonyl (C=O) groups is 1. The third-order valence-electron chi connectivity index (χ3n) is 4.88. The first-order valence-electron chi connectivity index (χ1n) is 9.38. The van der Waals surface area contributed by atoms with Crippen LogP contribution in [0.2, 0.25) is 0 Å². The van der Waals surface area contributed by atoms with Crippen LogP contribution in [-0.2, 0) is 29.1 Å². The molecule has 0 atom stereocenters. The van der Waals surface area contributed by atoms with Crippen molar-refractivity contribution in [1.29, 1.82) is 0 Å². The second-order valence-electron chi connectivity index (χ2n) is 6.67. The second-order valence-corrected chi connectivity index (χ2v) is 6.67. The van der Waals surface area contributed by atoms with Crippen LogP contribution in [0.5, 0.6) is 0 Å². The zero-order chi connectivity index (χ0) is 19.9. The molecule has 2 N–H and O–H groups in total. The van der Waals surface area contributed by atoms with Gasteiger partial charge in [-0.2, -0.15) is 0 Å². The molecule has 3 rings (SSSR count). The SMILES string of the molecule is CNC(=O)/C(=N/CO)c1ccccc1CO/N=C(\C)c1ccc2c(c1)CCC2. The fourth-order valence-electron chi connectivity index (χ4n) is 3.39. The summed E-state index contributed by atoms with van der Waals surface area (Å²) in [5.41, 5.74) is 6.24. The number of carbonyl (C=O) groups excluding carboxylic acids is 1. The number of hydrogen-bond acceptors (Lipinski definition) is 5. The summed E-state index contributed by atoms with van der Waals surface area (Å²) in [6.45, 7) is 1.65. The van der Waals surface area contributed by atoms with Gasteiger partial charge in [-0.3, -0.25) is 9.79 Å². The van der Waals surface area contributed by atoms with Crippen molar-refractivity contribution in [3.63, 3.8) is 0 Å². The van der Waals surface area contributed by atoms with E-state index in [-0.39, 0.29) is 18.2 Å². The molecule has 1 aliphatic carbocycles. The van der Waals surface area contributed by atoms with Gasteiger partial charge in [0.25, 0.3) is 5.91 Å². The summed E-state index contributed by atoms with van der Waals surface area (Å²) < 4.78 is 0. The molecule has 0 unspecified atom stereocenters. The van der Waals surface area contributed by atoms with Gasteiger partial charge >= 0.3 is 0 Å². The third kappa shape index (κ3) is 4.46. The first kappa shape index (κ1) is 19.8. The fourth-order valence-corrected chi connectivity index (χ4v) is 3.39. The Balaban J connectivity index is 1.75. The minimum Gasteiger partial charge on any atom is -0.391 e. The van der Waals surface area contributed by atoms with E-state index in [0.29, 0.717) is 5.56 Å². The van der Waals surface area contributed by atoms with E-state index < -0.39 is 6.73 Å². The molecule has 6 heteroatoms. The number of aliphatic imine (C=N–C) groups is 1. The van der Waals surface area contributed by atoms with Gasteiger partial charge < -0.3 is 15.3 Å². The highest BCUT2D eigenvalue weighted by Gasteiger charge is 2.16. The Bertz CT molecular complexity index is 919. The van der Waals surface area contributed by atoms with Crippen molar-refractivity contribution in [3.05, 3.63) is 70.3 Å². The van der Waals surface area contributed by atoms with E-state index in [1.54, 1.807) is 6.07 Å². The highest BCUT2D eigenvalue weighted by Crippen LogP contribution is 2.23. The number of amides is 1. The Morgan fingerprint density at radius 1 is 1.18 bits per heavy atom. The van der Waals surface area contributed by atoms with E-state index >= 15 is 0 Å². The van der Waals surface area contributed by atoms with Crippen LogP contribution in [0.3, 0.4) is 0 Å². The smallest absolute Gasteiger partial charge is 0.269 e. The molecule has 1 aliphatic rings. The van der Waals surface area contributed by atoms with Crippen molar-refractivity contribution in [2.45, 2.75) is 32.8 Å². The molecule has 0 radical (unpaired) electrons. The molecule has 146 valence electrons. The van der Waals surface area contributed by atoms with E-state index in [1.807, 2.05) is 25.1 Å². The Labute approximate surface area is 164 Å². The number of rotatable bonds is 7. The van der Waals surface area contributed by atoms with Crippen molar-refractivity contribution < 1.29 is 14.7 Å². The fraction of sp³-hybridized carbons (Fsp3) is 0.318. The molecule has 1 amide bonds. The standard InChI is InChI=1S/C22H25N3O3/c1-15(17-11-10-16-7-5-8-18(16)12-17)25-28-13-19-6-3-4-9-20(19)21(24-14-26)22(27)23-2/h3-4,6,9-12,26H,5,7-8,13-14H2,1-2H3,(H,23,27)/b24-21+,25-15+. The van der Waals surface area contributed by atoms with Crippen molar-refractivity contribution in [3.8, 4) is 0 Å². The molecule has 0 spiro atoms. The monoisotopic (exact) mass is 379 g/mol. The molecular weight excluding hydrogens is 354 g/mol. The molecular formula is C22H25N3O3. The number of likely N-dealkylation sites (N-methyl/N-ethyl adjacent to an activating group) is 1. The van der Waals surface area contributed by atoms with E-state index in [2.05, 4.69) is 33.7 Å². The van der Waals surface area contributed by atoms with E-state index in [1.165, 1.54) is 24.6 Å². The Kier molecular flexibility index (Phi) is 6.55.